The van der Waals surface area contributed by atoms with Crippen LogP contribution in [0.3, 0.4) is 0 Å². The molecular weight excluding hydrogens is 516 g/mol. The van der Waals surface area contributed by atoms with Crippen molar-refractivity contribution in [2.75, 3.05) is 31.7 Å². The maximum absolute atomic E-state index is 13.4. The Morgan fingerprint density at radius 3 is 2.59 bits per heavy atom. The Hall–Kier alpha value is -3.38. The van der Waals surface area contributed by atoms with Gasteiger partial charge in [0.2, 0.25) is 5.95 Å². The SMILES string of the molecule is COCCCOc1cc(C(F)(F)F)ccc1[C@H]1CCOc2cc(S(=O)(=O)Nc3cccc(F)n3)ccc21. The summed E-state index contributed by atoms with van der Waals surface area (Å²) in [5.41, 5.74) is 0.312. The molecule has 4 rings (SSSR count). The van der Waals surface area contributed by atoms with Gasteiger partial charge in [0.25, 0.3) is 10.0 Å². The minimum absolute atomic E-state index is 0.0966. The molecule has 0 aliphatic carbocycles. The number of ether oxygens (including phenoxy) is 3. The van der Waals surface area contributed by atoms with E-state index < -0.39 is 33.6 Å². The van der Waals surface area contributed by atoms with Crippen molar-refractivity contribution in [2.45, 2.75) is 29.8 Å². The molecule has 0 spiro atoms. The largest absolute Gasteiger partial charge is 0.493 e. The van der Waals surface area contributed by atoms with E-state index in [1.54, 1.807) is 6.07 Å². The second kappa shape index (κ2) is 10.9. The average Bonchev–Trinajstić information content (AvgIpc) is 2.85. The van der Waals surface area contributed by atoms with Gasteiger partial charge in [-0.25, -0.2) is 13.4 Å². The van der Waals surface area contributed by atoms with Crippen LogP contribution in [0.2, 0.25) is 0 Å². The lowest BCUT2D eigenvalue weighted by molar-refractivity contribution is -0.137. The topological polar surface area (TPSA) is 86.8 Å². The maximum atomic E-state index is 13.4. The first-order valence-corrected chi connectivity index (χ1v) is 12.8. The molecule has 1 aromatic heterocycles. The molecule has 12 heteroatoms. The highest BCUT2D eigenvalue weighted by Crippen LogP contribution is 2.44. The van der Waals surface area contributed by atoms with Crippen LogP contribution in [0.5, 0.6) is 11.5 Å². The highest BCUT2D eigenvalue weighted by atomic mass is 32.2. The highest BCUT2D eigenvalue weighted by Gasteiger charge is 2.33. The van der Waals surface area contributed by atoms with Crippen molar-refractivity contribution in [3.63, 3.8) is 0 Å². The Morgan fingerprint density at radius 2 is 1.86 bits per heavy atom. The number of nitrogens with zero attached hydrogens (tertiary/aromatic N) is 1. The molecule has 1 atom stereocenters. The van der Waals surface area contributed by atoms with Crippen LogP contribution in [0.25, 0.3) is 0 Å². The highest BCUT2D eigenvalue weighted by molar-refractivity contribution is 7.92. The molecular formula is C25H24F4N2O5S. The van der Waals surface area contributed by atoms with Crippen molar-refractivity contribution in [1.82, 2.24) is 4.98 Å². The number of hydrogen-bond donors (Lipinski definition) is 1. The monoisotopic (exact) mass is 540 g/mol. The predicted octanol–water partition coefficient (Wildman–Crippen LogP) is 5.37. The van der Waals surface area contributed by atoms with E-state index in [0.29, 0.717) is 30.6 Å². The molecule has 2 aromatic carbocycles. The van der Waals surface area contributed by atoms with E-state index in [1.165, 1.54) is 37.4 Å². The second-order valence-electron chi connectivity index (χ2n) is 8.29. The number of fused-ring (bicyclic) bond motifs is 1. The Morgan fingerprint density at radius 1 is 1.08 bits per heavy atom. The molecule has 2 heterocycles. The lowest BCUT2D eigenvalue weighted by Crippen LogP contribution is -2.19. The zero-order valence-corrected chi connectivity index (χ0v) is 20.5. The van der Waals surface area contributed by atoms with E-state index in [9.17, 15) is 26.0 Å². The number of aromatic nitrogens is 1. The summed E-state index contributed by atoms with van der Waals surface area (Å²) < 4.78 is 97.8. The first-order chi connectivity index (χ1) is 17.6. The number of anilines is 1. The zero-order valence-electron chi connectivity index (χ0n) is 19.7. The van der Waals surface area contributed by atoms with E-state index in [-0.39, 0.29) is 35.4 Å². The van der Waals surface area contributed by atoms with Crippen LogP contribution in [0, 0.1) is 5.95 Å². The molecule has 3 aromatic rings. The normalized spacial score (nSPS) is 15.5. The number of sulfonamides is 1. The molecule has 7 nitrogen and oxygen atoms in total. The van der Waals surface area contributed by atoms with Crippen molar-refractivity contribution in [2.24, 2.45) is 0 Å². The van der Waals surface area contributed by atoms with Gasteiger partial charge in [-0.2, -0.15) is 17.6 Å². The molecule has 1 aliphatic heterocycles. The summed E-state index contributed by atoms with van der Waals surface area (Å²) in [7, 11) is -2.59. The standard InChI is InChI=1S/C25H24F4N2O5S/c1-34-11-3-12-35-21-14-16(25(27,28)29)6-8-19(21)18-10-13-36-22-15-17(7-9-20(18)22)37(32,33)31-24-5-2-4-23(26)30-24/h2,4-9,14-15,18H,3,10-13H2,1H3,(H,30,31)/t18-/m1/s1. The molecule has 198 valence electrons. The first kappa shape index (κ1) is 26.7. The van der Waals surface area contributed by atoms with Crippen LogP contribution in [0.1, 0.15) is 35.4 Å². The summed E-state index contributed by atoms with van der Waals surface area (Å²) in [4.78, 5) is 3.37. The van der Waals surface area contributed by atoms with Crippen molar-refractivity contribution in [1.29, 1.82) is 0 Å². The number of rotatable bonds is 9. The number of hydrogen-bond acceptors (Lipinski definition) is 6. The summed E-state index contributed by atoms with van der Waals surface area (Å²) >= 11 is 0. The minimum Gasteiger partial charge on any atom is -0.493 e. The third-order valence-electron chi connectivity index (χ3n) is 5.76. The molecule has 0 unspecified atom stereocenters. The Labute approximate surface area is 211 Å². The molecule has 0 fully saturated rings. The maximum Gasteiger partial charge on any atom is 0.416 e. The van der Waals surface area contributed by atoms with E-state index >= 15 is 0 Å². The van der Waals surface area contributed by atoms with Crippen molar-refractivity contribution < 1.29 is 40.2 Å². The van der Waals surface area contributed by atoms with Gasteiger partial charge in [-0.15, -0.1) is 0 Å². The quantitative estimate of drug-likeness (QED) is 0.223. The Bertz CT molecular complexity index is 1370. The van der Waals surface area contributed by atoms with E-state index in [0.717, 1.165) is 18.2 Å². The van der Waals surface area contributed by atoms with Crippen LogP contribution in [0.4, 0.5) is 23.4 Å². The average molecular weight is 541 g/mol. The summed E-state index contributed by atoms with van der Waals surface area (Å²) in [5.74, 6) is -1.04. The van der Waals surface area contributed by atoms with Crippen LogP contribution in [-0.4, -0.2) is 40.3 Å². The minimum atomic E-state index is -4.54. The van der Waals surface area contributed by atoms with Crippen LogP contribution in [-0.2, 0) is 20.9 Å². The van der Waals surface area contributed by atoms with Gasteiger partial charge < -0.3 is 14.2 Å². The van der Waals surface area contributed by atoms with Crippen LogP contribution < -0.4 is 14.2 Å². The lowest BCUT2D eigenvalue weighted by atomic mass is 9.85. The van der Waals surface area contributed by atoms with E-state index in [4.69, 9.17) is 14.2 Å². The number of alkyl halides is 3. The molecule has 1 aliphatic rings. The Balaban J connectivity index is 1.66. The smallest absolute Gasteiger partial charge is 0.416 e. The van der Waals surface area contributed by atoms with E-state index in [1.807, 2.05) is 0 Å². The first-order valence-electron chi connectivity index (χ1n) is 11.3. The summed E-state index contributed by atoms with van der Waals surface area (Å²) in [6.45, 7) is 0.768. The van der Waals surface area contributed by atoms with Gasteiger partial charge in [0.05, 0.1) is 23.7 Å². The van der Waals surface area contributed by atoms with Crippen molar-refractivity contribution >= 4 is 15.8 Å². The van der Waals surface area contributed by atoms with Crippen LogP contribution in [0.15, 0.2) is 59.5 Å². The predicted molar refractivity (Wildman–Crippen MR) is 127 cm³/mol. The van der Waals surface area contributed by atoms with Gasteiger partial charge in [0.1, 0.15) is 17.3 Å². The number of methoxy groups -OCH3 is 1. The van der Waals surface area contributed by atoms with Gasteiger partial charge in [-0.05, 0) is 36.8 Å². The molecule has 37 heavy (non-hydrogen) atoms. The number of halogens is 4. The van der Waals surface area contributed by atoms with E-state index in [2.05, 4.69) is 9.71 Å². The molecule has 0 saturated heterocycles. The molecule has 1 N–H and O–H groups in total. The fraction of sp³-hybridized carbons (Fsp3) is 0.320. The second-order valence-corrected chi connectivity index (χ2v) is 9.97. The molecule has 0 amide bonds. The Kier molecular flexibility index (Phi) is 7.88. The molecule has 0 radical (unpaired) electrons. The summed E-state index contributed by atoms with van der Waals surface area (Å²) in [6.07, 6.45) is -3.60. The third-order valence-corrected chi connectivity index (χ3v) is 7.11. The fourth-order valence-electron chi connectivity index (χ4n) is 4.03. The van der Waals surface area contributed by atoms with Crippen molar-refractivity contribution in [3.8, 4) is 11.5 Å². The zero-order chi connectivity index (χ0) is 26.6. The summed E-state index contributed by atoms with van der Waals surface area (Å²) in [6, 6.07) is 11.3. The third kappa shape index (κ3) is 6.31. The lowest BCUT2D eigenvalue weighted by Gasteiger charge is -2.28. The van der Waals surface area contributed by atoms with Crippen molar-refractivity contribution in [3.05, 3.63) is 77.2 Å². The fourth-order valence-corrected chi connectivity index (χ4v) is 5.05. The number of nitrogens with one attached hydrogen (secondary N) is 1. The molecule has 0 saturated carbocycles. The van der Waals surface area contributed by atoms with Gasteiger partial charge in [0.15, 0.2) is 0 Å². The van der Waals surface area contributed by atoms with Gasteiger partial charge in [0, 0.05) is 43.2 Å². The number of benzene rings is 2. The van der Waals surface area contributed by atoms with Gasteiger partial charge in [-0.1, -0.05) is 18.2 Å². The molecule has 0 bridgehead atoms. The number of pyridine rings is 1. The summed E-state index contributed by atoms with van der Waals surface area (Å²) in [5, 5.41) is 0. The van der Waals surface area contributed by atoms with Gasteiger partial charge >= 0.3 is 6.18 Å². The van der Waals surface area contributed by atoms with Crippen LogP contribution >= 0.6 is 0 Å². The van der Waals surface area contributed by atoms with Gasteiger partial charge in [-0.3, -0.25) is 4.72 Å².